The second kappa shape index (κ2) is 8.76. The van der Waals surface area contributed by atoms with Crippen LogP contribution in [0, 0.1) is 6.57 Å². The SMILES string of the molecule is CC.[C-]#[N+]CC(=O)NCc1ccccc1. The van der Waals surface area contributed by atoms with E-state index in [9.17, 15) is 4.79 Å². The Hall–Kier alpha value is -1.82. The third kappa shape index (κ3) is 6.28. The van der Waals surface area contributed by atoms with Gasteiger partial charge in [0.05, 0.1) is 0 Å². The predicted octanol–water partition coefficient (Wildman–Crippen LogP) is 2.25. The van der Waals surface area contributed by atoms with Gasteiger partial charge in [-0.2, -0.15) is 0 Å². The Morgan fingerprint density at radius 2 is 1.93 bits per heavy atom. The second-order valence-corrected chi connectivity index (χ2v) is 2.58. The number of carbonyl (C=O) groups is 1. The molecular weight excluding hydrogens is 188 g/mol. The lowest BCUT2D eigenvalue weighted by Gasteiger charge is -2.00. The van der Waals surface area contributed by atoms with E-state index in [0.29, 0.717) is 6.54 Å². The highest BCUT2D eigenvalue weighted by molar-refractivity contribution is 5.79. The van der Waals surface area contributed by atoms with Gasteiger partial charge in [-0.1, -0.05) is 44.2 Å². The van der Waals surface area contributed by atoms with E-state index in [-0.39, 0.29) is 12.5 Å². The maximum atomic E-state index is 10.9. The molecule has 0 unspecified atom stereocenters. The zero-order chi connectivity index (χ0) is 11.5. The molecule has 0 aliphatic carbocycles. The fraction of sp³-hybridized carbons (Fsp3) is 0.333. The average molecular weight is 204 g/mol. The van der Waals surface area contributed by atoms with Gasteiger partial charge in [0.1, 0.15) is 0 Å². The summed E-state index contributed by atoms with van der Waals surface area (Å²) in [6.07, 6.45) is 0. The first kappa shape index (κ1) is 13.2. The summed E-state index contributed by atoms with van der Waals surface area (Å²) >= 11 is 0. The van der Waals surface area contributed by atoms with Crippen LogP contribution in [-0.4, -0.2) is 12.5 Å². The molecular formula is C12H16N2O. The molecule has 0 fully saturated rings. The van der Waals surface area contributed by atoms with E-state index in [1.165, 1.54) is 0 Å². The molecule has 0 aliphatic rings. The number of hydrogen-bond donors (Lipinski definition) is 1. The van der Waals surface area contributed by atoms with Gasteiger partial charge in [-0.05, 0) is 5.56 Å². The van der Waals surface area contributed by atoms with Crippen LogP contribution in [0.5, 0.6) is 0 Å². The topological polar surface area (TPSA) is 33.5 Å². The van der Waals surface area contributed by atoms with Crippen molar-refractivity contribution in [2.24, 2.45) is 0 Å². The number of benzene rings is 1. The average Bonchev–Trinajstić information content (AvgIpc) is 2.31. The Morgan fingerprint density at radius 3 is 2.47 bits per heavy atom. The summed E-state index contributed by atoms with van der Waals surface area (Å²) in [7, 11) is 0. The van der Waals surface area contributed by atoms with Crippen molar-refractivity contribution >= 4 is 5.91 Å². The van der Waals surface area contributed by atoms with Crippen molar-refractivity contribution in [1.29, 1.82) is 0 Å². The van der Waals surface area contributed by atoms with Gasteiger partial charge >= 0.3 is 0 Å². The monoisotopic (exact) mass is 204 g/mol. The Bertz CT molecular complexity index is 314. The van der Waals surface area contributed by atoms with E-state index in [1.54, 1.807) is 0 Å². The minimum atomic E-state index is -0.223. The lowest BCUT2D eigenvalue weighted by molar-refractivity contribution is -0.119. The molecule has 1 aromatic carbocycles. The van der Waals surface area contributed by atoms with E-state index in [2.05, 4.69) is 10.2 Å². The maximum absolute atomic E-state index is 10.9. The molecule has 80 valence electrons. The second-order valence-electron chi connectivity index (χ2n) is 2.58. The summed E-state index contributed by atoms with van der Waals surface area (Å²) in [6, 6.07) is 9.60. The molecule has 0 saturated carbocycles. The lowest BCUT2D eigenvalue weighted by Crippen LogP contribution is -2.24. The molecule has 0 saturated heterocycles. The van der Waals surface area contributed by atoms with Crippen LogP contribution < -0.4 is 5.32 Å². The minimum Gasteiger partial charge on any atom is -0.346 e. The van der Waals surface area contributed by atoms with Crippen LogP contribution in [0.15, 0.2) is 30.3 Å². The summed E-state index contributed by atoms with van der Waals surface area (Å²) in [5.41, 5.74) is 1.04. The number of amides is 1. The van der Waals surface area contributed by atoms with E-state index >= 15 is 0 Å². The standard InChI is InChI=1S/C10H10N2O.C2H6/c1-11-8-10(13)12-7-9-5-3-2-4-6-9;1-2/h2-6H,7-8H2,(H,12,13);1-2H3. The number of nitrogens with zero attached hydrogens (tertiary/aromatic N) is 1. The van der Waals surface area contributed by atoms with Crippen LogP contribution >= 0.6 is 0 Å². The third-order valence-electron chi connectivity index (χ3n) is 1.56. The zero-order valence-electron chi connectivity index (χ0n) is 9.16. The molecule has 0 heterocycles. The Balaban J connectivity index is 0.000000921. The minimum absolute atomic E-state index is 0.0904. The highest BCUT2D eigenvalue weighted by Gasteiger charge is 2.01. The number of rotatable bonds is 3. The van der Waals surface area contributed by atoms with Crippen LogP contribution in [-0.2, 0) is 11.3 Å². The first-order valence-corrected chi connectivity index (χ1v) is 4.97. The van der Waals surface area contributed by atoms with Crippen molar-refractivity contribution in [2.45, 2.75) is 20.4 Å². The Morgan fingerprint density at radius 1 is 1.33 bits per heavy atom. The van der Waals surface area contributed by atoms with Gasteiger partial charge < -0.3 is 10.2 Å². The summed E-state index contributed by atoms with van der Waals surface area (Å²) in [5.74, 6) is -0.223. The summed E-state index contributed by atoms with van der Waals surface area (Å²) in [6.45, 7) is 10.9. The largest absolute Gasteiger partial charge is 0.346 e. The normalized spacial score (nSPS) is 8.07. The molecule has 1 rings (SSSR count). The van der Waals surface area contributed by atoms with Gasteiger partial charge in [-0.15, -0.1) is 0 Å². The number of carbonyl (C=O) groups excluding carboxylic acids is 1. The molecule has 1 aromatic rings. The van der Waals surface area contributed by atoms with E-state index in [1.807, 2.05) is 44.2 Å². The molecule has 1 amide bonds. The van der Waals surface area contributed by atoms with Crippen molar-refractivity contribution in [3.8, 4) is 0 Å². The molecule has 0 bridgehead atoms. The van der Waals surface area contributed by atoms with E-state index < -0.39 is 0 Å². The van der Waals surface area contributed by atoms with Crippen LogP contribution in [0.25, 0.3) is 4.85 Å². The fourth-order valence-electron chi connectivity index (χ4n) is 0.924. The molecule has 1 N–H and O–H groups in total. The van der Waals surface area contributed by atoms with Crippen LogP contribution in [0.3, 0.4) is 0 Å². The molecule has 0 aromatic heterocycles. The van der Waals surface area contributed by atoms with Crippen molar-refractivity contribution in [1.82, 2.24) is 5.32 Å². The zero-order valence-corrected chi connectivity index (χ0v) is 9.16. The molecule has 3 nitrogen and oxygen atoms in total. The van der Waals surface area contributed by atoms with Gasteiger partial charge in [-0.3, -0.25) is 4.79 Å². The number of hydrogen-bond acceptors (Lipinski definition) is 1. The Kier molecular flexibility index (Phi) is 7.70. The van der Waals surface area contributed by atoms with Crippen LogP contribution in [0.1, 0.15) is 19.4 Å². The third-order valence-corrected chi connectivity index (χ3v) is 1.56. The molecule has 15 heavy (non-hydrogen) atoms. The van der Waals surface area contributed by atoms with Crippen molar-refractivity contribution in [3.05, 3.63) is 47.3 Å². The quantitative estimate of drug-likeness (QED) is 0.753. The smallest absolute Gasteiger partial charge is 0.300 e. The Labute approximate surface area is 90.9 Å². The molecule has 0 spiro atoms. The predicted molar refractivity (Wildman–Crippen MR) is 61.1 cm³/mol. The van der Waals surface area contributed by atoms with Gasteiger partial charge in [0.15, 0.2) is 0 Å². The first-order valence-electron chi connectivity index (χ1n) is 4.97. The fourth-order valence-corrected chi connectivity index (χ4v) is 0.924. The molecule has 0 aliphatic heterocycles. The number of nitrogens with one attached hydrogen (secondary N) is 1. The van der Waals surface area contributed by atoms with Gasteiger partial charge in [-0.25, -0.2) is 6.57 Å². The van der Waals surface area contributed by atoms with Crippen LogP contribution in [0.4, 0.5) is 0 Å². The van der Waals surface area contributed by atoms with Gasteiger partial charge in [0, 0.05) is 6.54 Å². The highest BCUT2D eigenvalue weighted by Crippen LogP contribution is 1.96. The summed E-state index contributed by atoms with van der Waals surface area (Å²) < 4.78 is 0. The first-order chi connectivity index (χ1) is 7.33. The van der Waals surface area contributed by atoms with Crippen molar-refractivity contribution in [3.63, 3.8) is 0 Å². The van der Waals surface area contributed by atoms with Gasteiger partial charge in [0.25, 0.3) is 12.5 Å². The van der Waals surface area contributed by atoms with Gasteiger partial charge in [0.2, 0.25) is 0 Å². The highest BCUT2D eigenvalue weighted by atomic mass is 16.1. The summed E-state index contributed by atoms with van der Waals surface area (Å²) in [5, 5.41) is 2.65. The lowest BCUT2D eigenvalue weighted by atomic mass is 10.2. The summed E-state index contributed by atoms with van der Waals surface area (Å²) in [4.78, 5) is 13.9. The van der Waals surface area contributed by atoms with Crippen molar-refractivity contribution in [2.75, 3.05) is 6.54 Å². The van der Waals surface area contributed by atoms with Crippen molar-refractivity contribution < 1.29 is 4.79 Å². The van der Waals surface area contributed by atoms with Crippen LogP contribution in [0.2, 0.25) is 0 Å². The maximum Gasteiger partial charge on any atom is 0.300 e. The molecule has 3 heteroatoms. The molecule has 0 atom stereocenters. The van der Waals surface area contributed by atoms with E-state index in [0.717, 1.165) is 5.56 Å². The van der Waals surface area contributed by atoms with E-state index in [4.69, 9.17) is 6.57 Å². The molecule has 0 radical (unpaired) electrons.